The Balaban J connectivity index is 3.27. The zero-order valence-corrected chi connectivity index (χ0v) is 9.06. The normalized spacial score (nSPS) is 12.5. The molecule has 0 aliphatic carbocycles. The first-order valence-corrected chi connectivity index (χ1v) is 5.38. The van der Waals surface area contributed by atoms with Gasteiger partial charge in [0.25, 0.3) is 0 Å². The molecule has 0 rings (SSSR count). The number of carbonyl (C=O) groups excluding carboxylic acids is 1. The van der Waals surface area contributed by atoms with Crippen molar-refractivity contribution in [3.63, 3.8) is 0 Å². The van der Waals surface area contributed by atoms with Crippen molar-refractivity contribution in [3.05, 3.63) is 0 Å². The van der Waals surface area contributed by atoms with Gasteiger partial charge in [-0.25, -0.2) is 0 Å². The van der Waals surface area contributed by atoms with Crippen LogP contribution in [0.1, 0.15) is 32.6 Å². The molecular formula is C9H19NO2S. The van der Waals surface area contributed by atoms with Crippen LogP contribution in [-0.4, -0.2) is 24.4 Å². The van der Waals surface area contributed by atoms with Gasteiger partial charge in [0.05, 0.1) is 6.61 Å². The first kappa shape index (κ1) is 12.8. The topological polar surface area (TPSA) is 52.3 Å². The van der Waals surface area contributed by atoms with Gasteiger partial charge in [-0.3, -0.25) is 4.79 Å². The summed E-state index contributed by atoms with van der Waals surface area (Å²) in [5, 5.41) is 0. The summed E-state index contributed by atoms with van der Waals surface area (Å²) in [6.07, 6.45) is 4.42. The molecule has 0 heterocycles. The smallest absolute Gasteiger partial charge is 0.323 e. The molecular weight excluding hydrogens is 186 g/mol. The first-order chi connectivity index (χ1) is 6.22. The molecule has 0 aromatic rings. The maximum absolute atomic E-state index is 11.0. The van der Waals surface area contributed by atoms with E-state index in [9.17, 15) is 4.79 Å². The molecule has 0 aliphatic rings. The van der Waals surface area contributed by atoms with Crippen LogP contribution in [0.2, 0.25) is 0 Å². The van der Waals surface area contributed by atoms with Gasteiger partial charge in [-0.2, -0.15) is 12.6 Å². The summed E-state index contributed by atoms with van der Waals surface area (Å²) in [5.41, 5.74) is 5.41. The Hall–Kier alpha value is -0.220. The van der Waals surface area contributed by atoms with E-state index in [2.05, 4.69) is 19.6 Å². The molecule has 0 amide bonds. The second-order valence-corrected chi connectivity index (χ2v) is 3.38. The molecule has 1 atom stereocenters. The van der Waals surface area contributed by atoms with E-state index in [0.717, 1.165) is 12.8 Å². The lowest BCUT2D eigenvalue weighted by Crippen LogP contribution is -2.34. The van der Waals surface area contributed by atoms with Crippen molar-refractivity contribution in [1.82, 2.24) is 0 Å². The number of rotatable bonds is 7. The number of hydrogen-bond donors (Lipinski definition) is 2. The van der Waals surface area contributed by atoms with Gasteiger partial charge in [0, 0.05) is 5.75 Å². The van der Waals surface area contributed by atoms with Gasteiger partial charge in [0.1, 0.15) is 6.04 Å². The minimum Gasteiger partial charge on any atom is -0.465 e. The molecule has 0 spiro atoms. The van der Waals surface area contributed by atoms with Crippen molar-refractivity contribution in [1.29, 1.82) is 0 Å². The third-order valence-electron chi connectivity index (χ3n) is 1.74. The van der Waals surface area contributed by atoms with Crippen molar-refractivity contribution < 1.29 is 9.53 Å². The molecule has 4 heteroatoms. The molecule has 0 aromatic heterocycles. The summed E-state index contributed by atoms with van der Waals surface area (Å²) in [4.78, 5) is 11.0. The van der Waals surface area contributed by atoms with Crippen LogP contribution in [0.4, 0.5) is 0 Å². The summed E-state index contributed by atoms with van der Waals surface area (Å²) in [7, 11) is 0. The van der Waals surface area contributed by atoms with Crippen LogP contribution in [0.5, 0.6) is 0 Å². The summed E-state index contributed by atoms with van der Waals surface area (Å²) >= 11 is 3.91. The number of esters is 1. The van der Waals surface area contributed by atoms with E-state index in [1.54, 1.807) is 0 Å². The Bertz CT molecular complexity index is 142. The van der Waals surface area contributed by atoms with E-state index in [1.165, 1.54) is 12.8 Å². The van der Waals surface area contributed by atoms with Gasteiger partial charge in [-0.1, -0.05) is 26.2 Å². The highest BCUT2D eigenvalue weighted by Gasteiger charge is 2.11. The van der Waals surface area contributed by atoms with Gasteiger partial charge >= 0.3 is 5.97 Å². The van der Waals surface area contributed by atoms with Gasteiger partial charge in [0.15, 0.2) is 0 Å². The zero-order chi connectivity index (χ0) is 10.1. The molecule has 0 saturated carbocycles. The van der Waals surface area contributed by atoms with Crippen LogP contribution >= 0.6 is 12.6 Å². The molecule has 2 N–H and O–H groups in total. The molecule has 0 saturated heterocycles. The van der Waals surface area contributed by atoms with Gasteiger partial charge < -0.3 is 10.5 Å². The van der Waals surface area contributed by atoms with E-state index >= 15 is 0 Å². The molecule has 0 fully saturated rings. The predicted molar refractivity (Wildman–Crippen MR) is 56.9 cm³/mol. The SMILES string of the molecule is CCCCCCOC(=O)C(N)CS. The predicted octanol–water partition coefficient (Wildman–Crippen LogP) is 1.37. The van der Waals surface area contributed by atoms with Crippen molar-refractivity contribution in [2.45, 2.75) is 38.6 Å². The Morgan fingerprint density at radius 3 is 2.69 bits per heavy atom. The molecule has 0 radical (unpaired) electrons. The molecule has 0 aliphatic heterocycles. The Morgan fingerprint density at radius 2 is 2.15 bits per heavy atom. The van der Waals surface area contributed by atoms with Gasteiger partial charge in [-0.15, -0.1) is 0 Å². The van der Waals surface area contributed by atoms with Crippen LogP contribution < -0.4 is 5.73 Å². The van der Waals surface area contributed by atoms with E-state index < -0.39 is 6.04 Å². The largest absolute Gasteiger partial charge is 0.465 e. The van der Waals surface area contributed by atoms with E-state index in [1.807, 2.05) is 0 Å². The second kappa shape index (κ2) is 8.38. The molecule has 0 aromatic carbocycles. The van der Waals surface area contributed by atoms with E-state index in [-0.39, 0.29) is 5.97 Å². The number of ether oxygens (including phenoxy) is 1. The third kappa shape index (κ3) is 6.90. The molecule has 3 nitrogen and oxygen atoms in total. The average Bonchev–Trinajstić information content (AvgIpc) is 2.16. The lowest BCUT2D eigenvalue weighted by Gasteiger charge is -2.08. The Kier molecular flexibility index (Phi) is 8.24. The standard InChI is InChI=1S/C9H19NO2S/c1-2-3-4-5-6-12-9(11)8(10)7-13/h8,13H,2-7,10H2,1H3. The lowest BCUT2D eigenvalue weighted by molar-refractivity contribution is -0.144. The summed E-state index contributed by atoms with van der Waals surface area (Å²) in [6, 6.07) is -0.575. The van der Waals surface area contributed by atoms with Crippen LogP contribution in [0.15, 0.2) is 0 Å². The van der Waals surface area contributed by atoms with E-state index in [0.29, 0.717) is 12.4 Å². The summed E-state index contributed by atoms with van der Waals surface area (Å²) in [6.45, 7) is 2.63. The van der Waals surface area contributed by atoms with E-state index in [4.69, 9.17) is 10.5 Å². The number of nitrogens with two attached hydrogens (primary N) is 1. The molecule has 78 valence electrons. The van der Waals surface area contributed by atoms with Crippen molar-refractivity contribution >= 4 is 18.6 Å². The van der Waals surface area contributed by atoms with Gasteiger partial charge in [0.2, 0.25) is 0 Å². The van der Waals surface area contributed by atoms with Crippen molar-refractivity contribution in [2.24, 2.45) is 5.73 Å². The van der Waals surface area contributed by atoms with Gasteiger partial charge in [-0.05, 0) is 6.42 Å². The molecule has 1 unspecified atom stereocenters. The summed E-state index contributed by atoms with van der Waals surface area (Å²) < 4.78 is 4.93. The van der Waals surface area contributed by atoms with Crippen molar-refractivity contribution in [2.75, 3.05) is 12.4 Å². The Morgan fingerprint density at radius 1 is 1.46 bits per heavy atom. The number of hydrogen-bond acceptors (Lipinski definition) is 4. The fourth-order valence-corrected chi connectivity index (χ4v) is 1.03. The molecule has 0 bridgehead atoms. The fourth-order valence-electron chi connectivity index (χ4n) is 0.883. The maximum atomic E-state index is 11.0. The highest BCUT2D eigenvalue weighted by atomic mass is 32.1. The maximum Gasteiger partial charge on any atom is 0.323 e. The van der Waals surface area contributed by atoms with Crippen LogP contribution in [0.25, 0.3) is 0 Å². The molecule has 13 heavy (non-hydrogen) atoms. The zero-order valence-electron chi connectivity index (χ0n) is 8.16. The fraction of sp³-hybridized carbons (Fsp3) is 0.889. The third-order valence-corrected chi connectivity index (χ3v) is 2.14. The number of thiol groups is 1. The van der Waals surface area contributed by atoms with Crippen LogP contribution in [0, 0.1) is 0 Å². The number of carbonyl (C=O) groups is 1. The van der Waals surface area contributed by atoms with Crippen LogP contribution in [0.3, 0.4) is 0 Å². The van der Waals surface area contributed by atoms with Crippen molar-refractivity contribution in [3.8, 4) is 0 Å². The Labute approximate surface area is 85.4 Å². The number of unbranched alkanes of at least 4 members (excludes halogenated alkanes) is 3. The first-order valence-electron chi connectivity index (χ1n) is 4.75. The monoisotopic (exact) mass is 205 g/mol. The van der Waals surface area contributed by atoms with Crippen LogP contribution in [-0.2, 0) is 9.53 Å². The summed E-state index contributed by atoms with van der Waals surface area (Å²) in [5.74, 6) is -0.000140. The average molecular weight is 205 g/mol. The quantitative estimate of drug-likeness (QED) is 0.375. The lowest BCUT2D eigenvalue weighted by atomic mass is 10.2. The second-order valence-electron chi connectivity index (χ2n) is 3.02. The highest BCUT2D eigenvalue weighted by Crippen LogP contribution is 1.99. The highest BCUT2D eigenvalue weighted by molar-refractivity contribution is 7.80. The minimum absolute atomic E-state index is 0.341. The minimum atomic E-state index is -0.575.